The van der Waals surface area contributed by atoms with Crippen molar-refractivity contribution >= 4 is 28.2 Å². The number of hydrogen-bond acceptors (Lipinski definition) is 8. The van der Waals surface area contributed by atoms with Gasteiger partial charge in [0, 0.05) is 17.0 Å². The van der Waals surface area contributed by atoms with Crippen LogP contribution < -0.4 is 29.2 Å². The second-order valence-corrected chi connectivity index (χ2v) is 6.70. The molecule has 0 amide bonds. The molecule has 4 rings (SSSR count). The van der Waals surface area contributed by atoms with E-state index in [2.05, 4.69) is 15.1 Å². The third-order valence-corrected chi connectivity index (χ3v) is 5.01. The molecule has 0 fully saturated rings. The molecule has 0 aliphatic heterocycles. The Morgan fingerprint density at radius 2 is 1.50 bits per heavy atom. The number of aromatic amines is 1. The normalized spacial score (nSPS) is 11.3. The first-order valence-corrected chi connectivity index (χ1v) is 9.54. The average Bonchev–Trinajstić information content (AvgIpc) is 3.20. The third-order valence-electron chi connectivity index (χ3n) is 5.01. The molecule has 0 bridgehead atoms. The van der Waals surface area contributed by atoms with Gasteiger partial charge in [0.05, 0.1) is 47.3 Å². The summed E-state index contributed by atoms with van der Waals surface area (Å²) in [6, 6.07) is 6.99. The fourth-order valence-electron chi connectivity index (χ4n) is 3.46. The molecule has 0 atom stereocenters. The van der Waals surface area contributed by atoms with Crippen molar-refractivity contribution in [1.29, 1.82) is 0 Å². The number of aromatic nitrogens is 3. The van der Waals surface area contributed by atoms with E-state index in [0.717, 1.165) is 10.1 Å². The van der Waals surface area contributed by atoms with Crippen molar-refractivity contribution in [2.45, 2.75) is 0 Å². The molecule has 10 nitrogen and oxygen atoms in total. The number of hydrogen-bond donors (Lipinski definition) is 1. The Morgan fingerprint density at radius 1 is 0.875 bits per heavy atom. The van der Waals surface area contributed by atoms with Crippen molar-refractivity contribution < 1.29 is 23.7 Å². The van der Waals surface area contributed by atoms with Gasteiger partial charge in [0.15, 0.2) is 23.0 Å². The van der Waals surface area contributed by atoms with Crippen LogP contribution in [0.15, 0.2) is 40.5 Å². The van der Waals surface area contributed by atoms with Gasteiger partial charge in [-0.3, -0.25) is 4.79 Å². The summed E-state index contributed by atoms with van der Waals surface area (Å²) in [5, 5.41) is 5.01. The van der Waals surface area contributed by atoms with E-state index >= 15 is 0 Å². The molecule has 32 heavy (non-hydrogen) atoms. The summed E-state index contributed by atoms with van der Waals surface area (Å²) >= 11 is 0. The van der Waals surface area contributed by atoms with Gasteiger partial charge in [0.1, 0.15) is 17.4 Å². The predicted molar refractivity (Wildman–Crippen MR) is 120 cm³/mol. The summed E-state index contributed by atoms with van der Waals surface area (Å²) in [6.45, 7) is 0. The molecule has 0 saturated carbocycles. The van der Waals surface area contributed by atoms with Gasteiger partial charge in [-0.2, -0.15) is 9.78 Å². The highest BCUT2D eigenvalue weighted by atomic mass is 16.5. The Hall–Kier alpha value is -4.21. The maximum atomic E-state index is 13.0. The summed E-state index contributed by atoms with van der Waals surface area (Å²) < 4.78 is 27.9. The standard InChI is InChI=1S/C22H22N4O6/c1-28-15-8-13-14(9-16(15)29-2)25-20-19(13)23-11-26(22(20)27)24-10-12-6-17(30-3)21(32-5)18(7-12)31-4/h6-11,25H,1-5H3. The Labute approximate surface area is 182 Å². The largest absolute Gasteiger partial charge is 0.493 e. The molecule has 10 heteroatoms. The maximum absolute atomic E-state index is 13.0. The highest BCUT2D eigenvalue weighted by molar-refractivity contribution is 6.05. The molecule has 0 aliphatic carbocycles. The van der Waals surface area contributed by atoms with E-state index in [1.54, 1.807) is 38.5 Å². The number of rotatable bonds is 7. The minimum absolute atomic E-state index is 0.319. The molecule has 0 radical (unpaired) electrons. The van der Waals surface area contributed by atoms with E-state index in [1.807, 2.05) is 0 Å². The number of nitrogens with zero attached hydrogens (tertiary/aromatic N) is 3. The van der Waals surface area contributed by atoms with Crippen LogP contribution in [0, 0.1) is 0 Å². The van der Waals surface area contributed by atoms with Crippen LogP contribution in [0.2, 0.25) is 0 Å². The summed E-state index contributed by atoms with van der Waals surface area (Å²) in [6.07, 6.45) is 2.87. The SMILES string of the molecule is COc1cc2[nH]c3c(=O)n(N=Cc4cc(OC)c(OC)c(OC)c4)cnc3c2cc1OC. The molecule has 2 heterocycles. The van der Waals surface area contributed by atoms with Crippen LogP contribution in [0.1, 0.15) is 5.56 Å². The van der Waals surface area contributed by atoms with E-state index in [-0.39, 0.29) is 5.56 Å². The number of H-pyrrole nitrogens is 1. The fourth-order valence-corrected chi connectivity index (χ4v) is 3.46. The molecule has 2 aromatic heterocycles. The predicted octanol–water partition coefficient (Wildman–Crippen LogP) is 2.80. The summed E-state index contributed by atoms with van der Waals surface area (Å²) in [7, 11) is 7.69. The lowest BCUT2D eigenvalue weighted by molar-refractivity contribution is 0.324. The first-order valence-electron chi connectivity index (χ1n) is 9.54. The summed E-state index contributed by atoms with van der Waals surface area (Å²) in [5.74, 6) is 2.52. The van der Waals surface area contributed by atoms with Crippen LogP contribution in [-0.4, -0.2) is 56.4 Å². The number of benzene rings is 2. The van der Waals surface area contributed by atoms with Crippen LogP contribution >= 0.6 is 0 Å². The molecule has 1 N–H and O–H groups in total. The lowest BCUT2D eigenvalue weighted by atomic mass is 10.2. The highest BCUT2D eigenvalue weighted by Crippen LogP contribution is 2.38. The smallest absolute Gasteiger partial charge is 0.298 e. The minimum atomic E-state index is -0.354. The van der Waals surface area contributed by atoms with E-state index in [9.17, 15) is 4.79 Å². The lowest BCUT2D eigenvalue weighted by Crippen LogP contribution is -2.17. The van der Waals surface area contributed by atoms with Crippen LogP contribution in [0.5, 0.6) is 28.7 Å². The van der Waals surface area contributed by atoms with Crippen molar-refractivity contribution in [1.82, 2.24) is 14.6 Å². The average molecular weight is 438 g/mol. The zero-order chi connectivity index (χ0) is 22.8. The zero-order valence-corrected chi connectivity index (χ0v) is 18.3. The maximum Gasteiger partial charge on any atom is 0.298 e. The van der Waals surface area contributed by atoms with E-state index in [1.165, 1.54) is 33.9 Å². The number of methoxy groups -OCH3 is 5. The van der Waals surface area contributed by atoms with Crippen molar-refractivity contribution in [2.75, 3.05) is 35.5 Å². The zero-order valence-electron chi connectivity index (χ0n) is 18.3. The topological polar surface area (TPSA) is 109 Å². The van der Waals surface area contributed by atoms with E-state index in [4.69, 9.17) is 23.7 Å². The van der Waals surface area contributed by atoms with Crippen molar-refractivity contribution in [3.05, 3.63) is 46.5 Å². The van der Waals surface area contributed by atoms with Crippen molar-refractivity contribution in [3.63, 3.8) is 0 Å². The minimum Gasteiger partial charge on any atom is -0.493 e. The number of ether oxygens (including phenoxy) is 5. The van der Waals surface area contributed by atoms with E-state index < -0.39 is 0 Å². The van der Waals surface area contributed by atoms with Crippen LogP contribution in [0.4, 0.5) is 0 Å². The third kappa shape index (κ3) is 3.45. The van der Waals surface area contributed by atoms with Gasteiger partial charge in [0.25, 0.3) is 5.56 Å². The molecule has 0 spiro atoms. The first-order chi connectivity index (χ1) is 15.5. The quantitative estimate of drug-likeness (QED) is 0.442. The summed E-state index contributed by atoms with van der Waals surface area (Å²) in [4.78, 5) is 20.5. The van der Waals surface area contributed by atoms with Gasteiger partial charge in [-0.25, -0.2) is 4.98 Å². The molecule has 2 aromatic carbocycles. The Morgan fingerprint density at radius 3 is 2.09 bits per heavy atom. The Kier molecular flexibility index (Phi) is 5.59. The Balaban J connectivity index is 1.79. The van der Waals surface area contributed by atoms with Gasteiger partial charge in [-0.05, 0) is 18.2 Å². The second-order valence-electron chi connectivity index (χ2n) is 6.70. The van der Waals surface area contributed by atoms with Crippen LogP contribution in [0.25, 0.3) is 21.9 Å². The molecular weight excluding hydrogens is 416 g/mol. The van der Waals surface area contributed by atoms with Gasteiger partial charge in [0.2, 0.25) is 5.75 Å². The van der Waals surface area contributed by atoms with Crippen LogP contribution in [-0.2, 0) is 0 Å². The first kappa shape index (κ1) is 21.0. The monoisotopic (exact) mass is 438 g/mol. The lowest BCUT2D eigenvalue weighted by Gasteiger charge is -2.12. The molecule has 166 valence electrons. The molecule has 0 saturated heterocycles. The summed E-state index contributed by atoms with van der Waals surface area (Å²) in [5.41, 5.74) is 1.84. The highest BCUT2D eigenvalue weighted by Gasteiger charge is 2.15. The van der Waals surface area contributed by atoms with Gasteiger partial charge in [-0.1, -0.05) is 0 Å². The fraction of sp³-hybridized carbons (Fsp3) is 0.227. The van der Waals surface area contributed by atoms with Crippen LogP contribution in [0.3, 0.4) is 0 Å². The van der Waals surface area contributed by atoms with Gasteiger partial charge in [-0.15, -0.1) is 0 Å². The van der Waals surface area contributed by atoms with Gasteiger partial charge < -0.3 is 28.7 Å². The van der Waals surface area contributed by atoms with Crippen molar-refractivity contribution in [2.24, 2.45) is 5.10 Å². The molecular formula is C22H22N4O6. The van der Waals surface area contributed by atoms with Crippen molar-refractivity contribution in [3.8, 4) is 28.7 Å². The van der Waals surface area contributed by atoms with Gasteiger partial charge >= 0.3 is 0 Å². The molecule has 4 aromatic rings. The molecule has 0 aliphatic rings. The second kappa shape index (κ2) is 8.50. The Bertz CT molecular complexity index is 1360. The molecule has 0 unspecified atom stereocenters. The van der Waals surface area contributed by atoms with E-state index in [0.29, 0.717) is 50.9 Å². The number of fused-ring (bicyclic) bond motifs is 3. The number of nitrogens with one attached hydrogen (secondary N) is 1.